The number of pyridine rings is 1. The van der Waals surface area contributed by atoms with Crippen LogP contribution in [0.2, 0.25) is 0 Å². The van der Waals surface area contributed by atoms with Crippen LogP contribution in [0.1, 0.15) is 18.4 Å². The smallest absolute Gasteiger partial charge is 0.333 e. The molecule has 0 bridgehead atoms. The second-order valence-electron chi connectivity index (χ2n) is 4.80. The molecule has 0 amide bonds. The Morgan fingerprint density at radius 3 is 2.78 bits per heavy atom. The van der Waals surface area contributed by atoms with Crippen LogP contribution in [0.4, 0.5) is 0 Å². The van der Waals surface area contributed by atoms with E-state index in [1.807, 2.05) is 24.3 Å². The molecule has 0 spiro atoms. The molecule has 92 valence electrons. The number of aliphatic hydroxyl groups is 1. The molecule has 1 unspecified atom stereocenters. The Kier molecular flexibility index (Phi) is 2.35. The van der Waals surface area contributed by atoms with E-state index in [-0.39, 0.29) is 0 Å². The zero-order valence-electron chi connectivity index (χ0n) is 9.71. The largest absolute Gasteiger partial charge is 0.479 e. The Morgan fingerprint density at radius 2 is 2.11 bits per heavy atom. The summed E-state index contributed by atoms with van der Waals surface area (Å²) in [6.07, 6.45) is 3.53. The number of rotatable bonds is 3. The minimum atomic E-state index is -1.34. The lowest BCUT2D eigenvalue weighted by Gasteiger charge is -2.20. The first-order chi connectivity index (χ1) is 8.65. The van der Waals surface area contributed by atoms with E-state index in [0.29, 0.717) is 12.8 Å². The summed E-state index contributed by atoms with van der Waals surface area (Å²) in [5.74, 6) is -1.15. The first-order valence-electron chi connectivity index (χ1n) is 5.89. The van der Waals surface area contributed by atoms with Gasteiger partial charge in [0.1, 0.15) is 0 Å². The van der Waals surface area contributed by atoms with Crippen molar-refractivity contribution in [1.29, 1.82) is 0 Å². The molecule has 3 rings (SSSR count). The molecular formula is C14H13NO3. The van der Waals surface area contributed by atoms with Crippen molar-refractivity contribution in [3.8, 4) is 0 Å². The van der Waals surface area contributed by atoms with Crippen molar-refractivity contribution in [1.82, 2.24) is 4.98 Å². The number of aliphatic hydroxyl groups excluding tert-OH is 1. The highest BCUT2D eigenvalue weighted by Gasteiger charge is 2.54. The van der Waals surface area contributed by atoms with Crippen molar-refractivity contribution in [3.05, 3.63) is 42.2 Å². The van der Waals surface area contributed by atoms with Crippen molar-refractivity contribution in [2.24, 2.45) is 0 Å². The minimum Gasteiger partial charge on any atom is -0.479 e. The molecule has 1 aliphatic rings. The van der Waals surface area contributed by atoms with Gasteiger partial charge in [0.25, 0.3) is 0 Å². The monoisotopic (exact) mass is 243 g/mol. The van der Waals surface area contributed by atoms with Crippen molar-refractivity contribution >= 4 is 16.7 Å². The Balaban J connectivity index is 2.18. The summed E-state index contributed by atoms with van der Waals surface area (Å²) >= 11 is 0. The molecule has 18 heavy (non-hydrogen) atoms. The summed E-state index contributed by atoms with van der Waals surface area (Å²) in [5, 5.41) is 20.9. The number of carboxylic acid groups (broad SMARTS) is 1. The van der Waals surface area contributed by atoms with Gasteiger partial charge < -0.3 is 10.2 Å². The molecule has 1 atom stereocenters. The van der Waals surface area contributed by atoms with E-state index in [1.165, 1.54) is 0 Å². The highest BCUT2D eigenvalue weighted by Crippen LogP contribution is 2.52. The maximum Gasteiger partial charge on any atom is 0.333 e. The molecule has 1 aliphatic carbocycles. The standard InChI is InChI=1S/C14H13NO3/c16-12(13(17)18)14(5-6-14)11-3-1-2-9-8-15-7-4-10(9)11/h1-4,7-8,12,16H,5-6H2,(H,17,18). The van der Waals surface area contributed by atoms with Crippen molar-refractivity contribution < 1.29 is 15.0 Å². The predicted octanol–water partition coefficient (Wildman–Crippen LogP) is 1.71. The van der Waals surface area contributed by atoms with Crippen molar-refractivity contribution in [2.75, 3.05) is 0 Å². The lowest BCUT2D eigenvalue weighted by atomic mass is 9.87. The Hall–Kier alpha value is -1.94. The summed E-state index contributed by atoms with van der Waals surface area (Å²) in [4.78, 5) is 15.1. The van der Waals surface area contributed by atoms with Crippen molar-refractivity contribution in [3.63, 3.8) is 0 Å². The predicted molar refractivity (Wildman–Crippen MR) is 66.3 cm³/mol. The molecule has 1 aromatic heterocycles. The SMILES string of the molecule is O=C(O)C(O)C1(c2cccc3cnccc23)CC1. The van der Waals surface area contributed by atoms with E-state index in [4.69, 9.17) is 5.11 Å². The van der Waals surface area contributed by atoms with Gasteiger partial charge in [-0.1, -0.05) is 18.2 Å². The summed E-state index contributed by atoms with van der Waals surface area (Å²) < 4.78 is 0. The van der Waals surface area contributed by atoms with Crippen LogP contribution in [-0.4, -0.2) is 27.3 Å². The number of hydrogen-bond acceptors (Lipinski definition) is 3. The van der Waals surface area contributed by atoms with Crippen LogP contribution in [0, 0.1) is 0 Å². The molecule has 1 aromatic carbocycles. The number of aliphatic carboxylic acids is 1. The van der Waals surface area contributed by atoms with Crippen LogP contribution in [0.3, 0.4) is 0 Å². The number of aromatic nitrogens is 1. The summed E-state index contributed by atoms with van der Waals surface area (Å²) in [5.41, 5.74) is 0.296. The summed E-state index contributed by atoms with van der Waals surface area (Å²) in [6.45, 7) is 0. The van der Waals surface area contributed by atoms with Crippen LogP contribution >= 0.6 is 0 Å². The van der Waals surface area contributed by atoms with Gasteiger partial charge in [0.15, 0.2) is 6.10 Å². The van der Waals surface area contributed by atoms with Gasteiger partial charge in [-0.15, -0.1) is 0 Å². The third-order valence-corrected chi connectivity index (χ3v) is 3.76. The van der Waals surface area contributed by atoms with E-state index >= 15 is 0 Å². The highest BCUT2D eigenvalue weighted by molar-refractivity contribution is 5.88. The van der Waals surface area contributed by atoms with Gasteiger partial charge in [-0.2, -0.15) is 0 Å². The maximum absolute atomic E-state index is 11.0. The van der Waals surface area contributed by atoms with Crippen molar-refractivity contribution in [2.45, 2.75) is 24.4 Å². The molecule has 4 heteroatoms. The zero-order chi connectivity index (χ0) is 12.8. The fraction of sp³-hybridized carbons (Fsp3) is 0.286. The van der Waals surface area contributed by atoms with Gasteiger partial charge in [-0.25, -0.2) is 4.79 Å². The average molecular weight is 243 g/mol. The number of hydrogen-bond donors (Lipinski definition) is 2. The number of carbonyl (C=O) groups is 1. The van der Waals surface area contributed by atoms with E-state index in [1.54, 1.807) is 12.4 Å². The fourth-order valence-corrected chi connectivity index (χ4v) is 2.62. The molecule has 1 heterocycles. The third kappa shape index (κ3) is 1.49. The molecule has 2 N–H and O–H groups in total. The lowest BCUT2D eigenvalue weighted by Crippen LogP contribution is -2.34. The van der Waals surface area contributed by atoms with Crippen LogP contribution < -0.4 is 0 Å². The third-order valence-electron chi connectivity index (χ3n) is 3.76. The van der Waals surface area contributed by atoms with Crippen LogP contribution in [-0.2, 0) is 10.2 Å². The fourth-order valence-electron chi connectivity index (χ4n) is 2.62. The second-order valence-corrected chi connectivity index (χ2v) is 4.80. The Morgan fingerprint density at radius 1 is 1.33 bits per heavy atom. The number of benzene rings is 1. The topological polar surface area (TPSA) is 70.4 Å². The molecule has 0 saturated heterocycles. The summed E-state index contributed by atoms with van der Waals surface area (Å²) in [6, 6.07) is 7.60. The average Bonchev–Trinajstić information content (AvgIpc) is 3.18. The quantitative estimate of drug-likeness (QED) is 0.861. The minimum absolute atomic E-state index is 0.618. The number of fused-ring (bicyclic) bond motifs is 1. The first-order valence-corrected chi connectivity index (χ1v) is 5.89. The van der Waals surface area contributed by atoms with Gasteiger partial charge in [-0.3, -0.25) is 4.98 Å². The van der Waals surface area contributed by atoms with Gasteiger partial charge in [0.2, 0.25) is 0 Å². The number of carboxylic acids is 1. The molecule has 0 aliphatic heterocycles. The highest BCUT2D eigenvalue weighted by atomic mass is 16.4. The van der Waals surface area contributed by atoms with E-state index < -0.39 is 17.5 Å². The Labute approximate surface area is 104 Å². The molecule has 1 fully saturated rings. The van der Waals surface area contributed by atoms with Crippen LogP contribution in [0.5, 0.6) is 0 Å². The van der Waals surface area contributed by atoms with Gasteiger partial charge in [0, 0.05) is 23.2 Å². The summed E-state index contributed by atoms with van der Waals surface area (Å²) in [7, 11) is 0. The first kappa shape index (κ1) is 11.2. The molecule has 1 saturated carbocycles. The molecular weight excluding hydrogens is 230 g/mol. The van der Waals surface area contributed by atoms with E-state index in [2.05, 4.69) is 4.98 Å². The Bertz CT molecular complexity index is 614. The number of nitrogens with zero attached hydrogens (tertiary/aromatic N) is 1. The molecule has 2 aromatic rings. The van der Waals surface area contributed by atoms with Gasteiger partial charge >= 0.3 is 5.97 Å². The normalized spacial score (nSPS) is 18.5. The lowest BCUT2D eigenvalue weighted by molar-refractivity contribution is -0.148. The zero-order valence-corrected chi connectivity index (χ0v) is 9.71. The molecule has 0 radical (unpaired) electrons. The van der Waals surface area contributed by atoms with Gasteiger partial charge in [0.05, 0.1) is 0 Å². The van der Waals surface area contributed by atoms with E-state index in [0.717, 1.165) is 16.3 Å². The van der Waals surface area contributed by atoms with Crippen LogP contribution in [0.15, 0.2) is 36.7 Å². The van der Waals surface area contributed by atoms with Crippen LogP contribution in [0.25, 0.3) is 10.8 Å². The van der Waals surface area contributed by atoms with Gasteiger partial charge in [-0.05, 0) is 29.9 Å². The second kappa shape index (κ2) is 3.78. The molecule has 4 nitrogen and oxygen atoms in total. The van der Waals surface area contributed by atoms with E-state index in [9.17, 15) is 9.90 Å². The maximum atomic E-state index is 11.0.